The Morgan fingerprint density at radius 2 is 1.93 bits per heavy atom. The number of methoxy groups -OCH3 is 1. The molecule has 27 heavy (non-hydrogen) atoms. The van der Waals surface area contributed by atoms with Crippen molar-refractivity contribution < 1.29 is 4.74 Å². The second kappa shape index (κ2) is 7.89. The third-order valence-corrected chi connectivity index (χ3v) is 4.90. The summed E-state index contributed by atoms with van der Waals surface area (Å²) in [6.07, 6.45) is 7.49. The highest BCUT2D eigenvalue weighted by Crippen LogP contribution is 2.24. The molecule has 0 spiro atoms. The van der Waals surface area contributed by atoms with E-state index in [1.54, 1.807) is 13.3 Å². The van der Waals surface area contributed by atoms with E-state index in [0.29, 0.717) is 13.2 Å². The van der Waals surface area contributed by atoms with Gasteiger partial charge in [0.1, 0.15) is 5.82 Å². The number of hydrogen-bond donors (Lipinski definition) is 1. The zero-order valence-corrected chi connectivity index (χ0v) is 15.8. The second-order valence-corrected chi connectivity index (χ2v) is 6.73. The molecule has 1 fully saturated rings. The van der Waals surface area contributed by atoms with Crippen LogP contribution >= 0.6 is 0 Å². The van der Waals surface area contributed by atoms with Gasteiger partial charge in [0.15, 0.2) is 11.5 Å². The summed E-state index contributed by atoms with van der Waals surface area (Å²) >= 11 is 0. The number of hydrogen-bond acceptors (Lipinski definition) is 7. The quantitative estimate of drug-likeness (QED) is 0.664. The number of anilines is 2. The summed E-state index contributed by atoms with van der Waals surface area (Å²) in [5.74, 6) is 1.78. The van der Waals surface area contributed by atoms with Gasteiger partial charge in [0.2, 0.25) is 0 Å². The molecule has 142 valence electrons. The zero-order chi connectivity index (χ0) is 18.6. The SMILES string of the molecule is COCCNc1nccn2c(-c3ccc(N4CCN(C)CC4)nc3)cnc12. The number of likely N-dealkylation sites (N-methyl/N-ethyl adjacent to an activating group) is 1. The lowest BCUT2D eigenvalue weighted by atomic mass is 10.2. The van der Waals surface area contributed by atoms with Crippen molar-refractivity contribution in [2.75, 3.05) is 63.7 Å². The Morgan fingerprint density at radius 3 is 2.67 bits per heavy atom. The van der Waals surface area contributed by atoms with E-state index >= 15 is 0 Å². The minimum Gasteiger partial charge on any atom is -0.383 e. The van der Waals surface area contributed by atoms with Crippen LogP contribution in [0.15, 0.2) is 36.9 Å². The lowest BCUT2D eigenvalue weighted by molar-refractivity contribution is 0.210. The largest absolute Gasteiger partial charge is 0.383 e. The molecular formula is C19H25N7O. The maximum Gasteiger partial charge on any atom is 0.180 e. The number of rotatable bonds is 6. The average Bonchev–Trinajstić information content (AvgIpc) is 3.14. The molecule has 0 aromatic carbocycles. The fraction of sp³-hybridized carbons (Fsp3) is 0.421. The molecule has 0 saturated carbocycles. The van der Waals surface area contributed by atoms with Crippen LogP contribution in [0, 0.1) is 0 Å². The maximum absolute atomic E-state index is 5.08. The predicted octanol–water partition coefficient (Wildman–Crippen LogP) is 1.60. The summed E-state index contributed by atoms with van der Waals surface area (Å²) in [6, 6.07) is 4.21. The Hall–Kier alpha value is -2.71. The summed E-state index contributed by atoms with van der Waals surface area (Å²) in [6.45, 7) is 5.48. The molecule has 4 rings (SSSR count). The highest BCUT2D eigenvalue weighted by Gasteiger charge is 2.16. The van der Waals surface area contributed by atoms with Gasteiger partial charge in [0.05, 0.1) is 18.5 Å². The van der Waals surface area contributed by atoms with Gasteiger partial charge in [-0.2, -0.15) is 0 Å². The monoisotopic (exact) mass is 367 g/mol. The standard InChI is InChI=1S/C19H25N7O/c1-24-8-10-25(11-9-24)17-4-3-15(13-22-17)16-14-23-19-18(21-6-12-27-2)20-5-7-26(16)19/h3-5,7,13-14H,6,8-12H2,1-2H3,(H,20,21). The molecule has 8 nitrogen and oxygen atoms in total. The molecule has 8 heteroatoms. The molecule has 0 bridgehead atoms. The van der Waals surface area contributed by atoms with Gasteiger partial charge in [0, 0.05) is 64.0 Å². The van der Waals surface area contributed by atoms with Gasteiger partial charge < -0.3 is 19.9 Å². The Balaban J connectivity index is 1.56. The lowest BCUT2D eigenvalue weighted by Crippen LogP contribution is -2.44. The van der Waals surface area contributed by atoms with Crippen LogP contribution in [0.5, 0.6) is 0 Å². The van der Waals surface area contributed by atoms with E-state index in [1.165, 1.54) is 0 Å². The first kappa shape index (κ1) is 17.7. The molecule has 0 unspecified atom stereocenters. The van der Waals surface area contributed by atoms with Crippen LogP contribution in [0.3, 0.4) is 0 Å². The molecular weight excluding hydrogens is 342 g/mol. The first-order chi connectivity index (χ1) is 13.3. The van der Waals surface area contributed by atoms with Gasteiger partial charge >= 0.3 is 0 Å². The summed E-state index contributed by atoms with van der Waals surface area (Å²) in [5.41, 5.74) is 2.83. The number of aromatic nitrogens is 4. The second-order valence-electron chi connectivity index (χ2n) is 6.73. The first-order valence-corrected chi connectivity index (χ1v) is 9.21. The Bertz CT molecular complexity index is 885. The number of nitrogens with zero attached hydrogens (tertiary/aromatic N) is 6. The van der Waals surface area contributed by atoms with Crippen LogP contribution < -0.4 is 10.2 Å². The van der Waals surface area contributed by atoms with E-state index in [1.807, 2.05) is 23.0 Å². The van der Waals surface area contributed by atoms with Gasteiger partial charge in [-0.1, -0.05) is 0 Å². The summed E-state index contributed by atoms with van der Waals surface area (Å²) in [7, 11) is 3.84. The van der Waals surface area contributed by atoms with Crippen LogP contribution in [0.2, 0.25) is 0 Å². The van der Waals surface area contributed by atoms with Crippen molar-refractivity contribution >= 4 is 17.3 Å². The number of pyridine rings is 1. The van der Waals surface area contributed by atoms with Crippen molar-refractivity contribution in [2.24, 2.45) is 0 Å². The Morgan fingerprint density at radius 1 is 1.07 bits per heavy atom. The summed E-state index contributed by atoms with van der Waals surface area (Å²) < 4.78 is 7.12. The molecule has 1 N–H and O–H groups in total. The molecule has 3 aromatic rings. The Kier molecular flexibility index (Phi) is 5.17. The highest BCUT2D eigenvalue weighted by atomic mass is 16.5. The van der Waals surface area contributed by atoms with E-state index in [4.69, 9.17) is 9.72 Å². The third kappa shape index (κ3) is 3.72. The number of piperazine rings is 1. The van der Waals surface area contributed by atoms with Crippen molar-refractivity contribution in [3.63, 3.8) is 0 Å². The van der Waals surface area contributed by atoms with Crippen LogP contribution in [0.1, 0.15) is 0 Å². The number of fused-ring (bicyclic) bond motifs is 1. The molecule has 4 heterocycles. The molecule has 1 aliphatic heterocycles. The van der Waals surface area contributed by atoms with E-state index in [-0.39, 0.29) is 0 Å². The van der Waals surface area contributed by atoms with Crippen LogP contribution in [-0.2, 0) is 4.74 Å². The maximum atomic E-state index is 5.08. The zero-order valence-electron chi connectivity index (χ0n) is 15.8. The topological polar surface area (TPSA) is 70.8 Å². The fourth-order valence-corrected chi connectivity index (χ4v) is 3.29. The predicted molar refractivity (Wildman–Crippen MR) is 106 cm³/mol. The smallest absolute Gasteiger partial charge is 0.180 e. The summed E-state index contributed by atoms with van der Waals surface area (Å²) in [5, 5.41) is 3.26. The van der Waals surface area contributed by atoms with Crippen molar-refractivity contribution in [2.45, 2.75) is 0 Å². The molecule has 3 aromatic heterocycles. The fourth-order valence-electron chi connectivity index (χ4n) is 3.29. The average molecular weight is 367 g/mol. The molecule has 1 aliphatic rings. The van der Waals surface area contributed by atoms with E-state index in [2.05, 4.69) is 44.3 Å². The number of ether oxygens (including phenoxy) is 1. The van der Waals surface area contributed by atoms with Crippen molar-refractivity contribution in [3.8, 4) is 11.3 Å². The minimum atomic E-state index is 0.619. The van der Waals surface area contributed by atoms with Crippen molar-refractivity contribution in [1.82, 2.24) is 24.3 Å². The van der Waals surface area contributed by atoms with Crippen LogP contribution in [0.25, 0.3) is 16.9 Å². The van der Waals surface area contributed by atoms with Gasteiger partial charge in [-0.25, -0.2) is 15.0 Å². The number of nitrogens with one attached hydrogen (secondary N) is 1. The molecule has 1 saturated heterocycles. The molecule has 0 radical (unpaired) electrons. The van der Waals surface area contributed by atoms with Gasteiger partial charge in [-0.3, -0.25) is 4.40 Å². The minimum absolute atomic E-state index is 0.619. The van der Waals surface area contributed by atoms with Crippen LogP contribution in [-0.4, -0.2) is 77.7 Å². The molecule has 0 amide bonds. The van der Waals surface area contributed by atoms with E-state index in [9.17, 15) is 0 Å². The van der Waals surface area contributed by atoms with E-state index in [0.717, 1.165) is 54.7 Å². The van der Waals surface area contributed by atoms with Crippen molar-refractivity contribution in [1.29, 1.82) is 0 Å². The first-order valence-electron chi connectivity index (χ1n) is 9.21. The van der Waals surface area contributed by atoms with E-state index < -0.39 is 0 Å². The Labute approximate surface area is 158 Å². The lowest BCUT2D eigenvalue weighted by Gasteiger charge is -2.33. The van der Waals surface area contributed by atoms with Gasteiger partial charge in [0.25, 0.3) is 0 Å². The van der Waals surface area contributed by atoms with Gasteiger partial charge in [-0.15, -0.1) is 0 Å². The third-order valence-electron chi connectivity index (χ3n) is 4.90. The molecule has 0 atom stereocenters. The normalized spacial score (nSPS) is 15.4. The molecule has 0 aliphatic carbocycles. The van der Waals surface area contributed by atoms with Crippen LogP contribution in [0.4, 0.5) is 11.6 Å². The summed E-state index contributed by atoms with van der Waals surface area (Å²) in [4.78, 5) is 18.3. The van der Waals surface area contributed by atoms with Crippen molar-refractivity contribution in [3.05, 3.63) is 36.9 Å². The highest BCUT2D eigenvalue weighted by molar-refractivity contribution is 5.70. The van der Waals surface area contributed by atoms with Gasteiger partial charge in [-0.05, 0) is 19.2 Å². The number of imidazole rings is 1.